The van der Waals surface area contributed by atoms with Gasteiger partial charge >= 0.3 is 0 Å². The van der Waals surface area contributed by atoms with Crippen LogP contribution in [0.15, 0.2) is 53.4 Å². The fraction of sp³-hybridized carbons (Fsp3) is 0.381. The molecule has 0 saturated carbocycles. The van der Waals surface area contributed by atoms with Crippen molar-refractivity contribution in [3.05, 3.63) is 59.1 Å². The summed E-state index contributed by atoms with van der Waals surface area (Å²) in [6, 6.07) is 13.7. The second-order valence-corrected chi connectivity index (χ2v) is 9.77. The summed E-state index contributed by atoms with van der Waals surface area (Å²) in [6.45, 7) is 6.19. The van der Waals surface area contributed by atoms with E-state index in [4.69, 9.17) is 11.6 Å². The van der Waals surface area contributed by atoms with Gasteiger partial charge in [-0.2, -0.15) is 4.31 Å². The molecule has 156 valence electrons. The number of anilines is 1. The summed E-state index contributed by atoms with van der Waals surface area (Å²) in [5, 5.41) is 0.704. The van der Waals surface area contributed by atoms with E-state index in [1.54, 1.807) is 24.1 Å². The van der Waals surface area contributed by atoms with Gasteiger partial charge in [0.2, 0.25) is 10.0 Å². The van der Waals surface area contributed by atoms with Crippen molar-refractivity contribution in [2.45, 2.75) is 24.8 Å². The van der Waals surface area contributed by atoms with Crippen LogP contribution in [0.2, 0.25) is 5.02 Å². The number of carbonyl (C=O) groups is 1. The Bertz CT molecular complexity index is 969. The van der Waals surface area contributed by atoms with Crippen LogP contribution in [0.3, 0.4) is 0 Å². The summed E-state index contributed by atoms with van der Waals surface area (Å²) in [7, 11) is -2.01. The van der Waals surface area contributed by atoms with E-state index in [2.05, 4.69) is 4.90 Å². The predicted molar refractivity (Wildman–Crippen MR) is 116 cm³/mol. The molecule has 2 aromatic rings. The highest BCUT2D eigenvalue weighted by Crippen LogP contribution is 2.26. The predicted octanol–water partition coefficient (Wildman–Crippen LogP) is 3.33. The average molecular weight is 436 g/mol. The van der Waals surface area contributed by atoms with Gasteiger partial charge in [0.05, 0.1) is 15.6 Å². The van der Waals surface area contributed by atoms with Crippen molar-refractivity contribution in [3.8, 4) is 0 Å². The lowest BCUT2D eigenvalue weighted by Crippen LogP contribution is -2.48. The molecule has 1 fully saturated rings. The lowest BCUT2D eigenvalue weighted by atomic mass is 10.1. The molecular formula is C21H26ClN3O3S. The van der Waals surface area contributed by atoms with Crippen LogP contribution < -0.4 is 4.90 Å². The maximum Gasteiger partial charge on any atom is 0.253 e. The Morgan fingerprint density at radius 1 is 1.00 bits per heavy atom. The number of piperazine rings is 1. The topological polar surface area (TPSA) is 60.9 Å². The molecule has 0 bridgehead atoms. The molecule has 0 radical (unpaired) electrons. The van der Waals surface area contributed by atoms with Gasteiger partial charge in [-0.15, -0.1) is 0 Å². The third-order valence-electron chi connectivity index (χ3n) is 5.27. The number of halogens is 1. The first kappa shape index (κ1) is 21.6. The molecule has 3 rings (SSSR count). The van der Waals surface area contributed by atoms with Crippen molar-refractivity contribution in [2.24, 2.45) is 0 Å². The molecule has 1 aliphatic rings. The number of benzene rings is 2. The highest BCUT2D eigenvalue weighted by atomic mass is 35.5. The maximum atomic E-state index is 12.8. The highest BCUT2D eigenvalue weighted by molar-refractivity contribution is 7.89. The zero-order valence-corrected chi connectivity index (χ0v) is 18.4. The number of hydrogen-bond donors (Lipinski definition) is 0. The molecule has 2 aromatic carbocycles. The fourth-order valence-corrected chi connectivity index (χ4v) is 4.88. The summed E-state index contributed by atoms with van der Waals surface area (Å²) in [5.41, 5.74) is 1.47. The molecule has 0 atom stereocenters. The Balaban J connectivity index is 1.67. The van der Waals surface area contributed by atoms with Crippen molar-refractivity contribution in [1.82, 2.24) is 9.21 Å². The van der Waals surface area contributed by atoms with Gasteiger partial charge in [0.1, 0.15) is 0 Å². The van der Waals surface area contributed by atoms with Crippen LogP contribution >= 0.6 is 11.6 Å². The molecule has 29 heavy (non-hydrogen) atoms. The van der Waals surface area contributed by atoms with Crippen LogP contribution in [-0.2, 0) is 10.0 Å². The van der Waals surface area contributed by atoms with Crippen molar-refractivity contribution < 1.29 is 13.2 Å². The van der Waals surface area contributed by atoms with Gasteiger partial charge in [0, 0.05) is 44.8 Å². The highest BCUT2D eigenvalue weighted by Gasteiger charge is 2.25. The minimum absolute atomic E-state index is 0.0926. The molecule has 0 unspecified atom stereocenters. The van der Waals surface area contributed by atoms with E-state index in [9.17, 15) is 13.2 Å². The first-order chi connectivity index (χ1) is 13.7. The normalized spacial score (nSPS) is 15.2. The number of para-hydroxylation sites is 1. The van der Waals surface area contributed by atoms with E-state index < -0.39 is 10.0 Å². The zero-order valence-electron chi connectivity index (χ0n) is 16.9. The van der Waals surface area contributed by atoms with Gasteiger partial charge in [0.15, 0.2) is 0 Å². The number of carbonyl (C=O) groups excluding carboxylic acids is 1. The molecular weight excluding hydrogens is 410 g/mol. The van der Waals surface area contributed by atoms with Crippen molar-refractivity contribution in [1.29, 1.82) is 0 Å². The molecule has 6 nitrogen and oxygen atoms in total. The first-order valence-electron chi connectivity index (χ1n) is 9.58. The molecule has 0 N–H and O–H groups in total. The van der Waals surface area contributed by atoms with Crippen LogP contribution in [0.1, 0.15) is 24.2 Å². The van der Waals surface area contributed by atoms with Gasteiger partial charge < -0.3 is 9.80 Å². The Labute approximate surface area is 177 Å². The Hall–Kier alpha value is -2.09. The third-order valence-corrected chi connectivity index (χ3v) is 7.63. The molecule has 0 aromatic heterocycles. The average Bonchev–Trinajstić information content (AvgIpc) is 2.73. The van der Waals surface area contributed by atoms with Crippen LogP contribution in [0.4, 0.5) is 5.69 Å². The number of hydrogen-bond acceptors (Lipinski definition) is 4. The van der Waals surface area contributed by atoms with Gasteiger partial charge in [-0.3, -0.25) is 4.79 Å². The van der Waals surface area contributed by atoms with E-state index in [1.807, 2.05) is 38.1 Å². The van der Waals surface area contributed by atoms with E-state index in [-0.39, 0.29) is 16.8 Å². The molecule has 1 heterocycles. The second-order valence-electron chi connectivity index (χ2n) is 7.37. The number of rotatable bonds is 5. The third kappa shape index (κ3) is 4.57. The minimum Gasteiger partial charge on any atom is -0.367 e. The van der Waals surface area contributed by atoms with Crippen LogP contribution in [-0.4, -0.2) is 62.8 Å². The van der Waals surface area contributed by atoms with Gasteiger partial charge in [-0.25, -0.2) is 8.42 Å². The van der Waals surface area contributed by atoms with Gasteiger partial charge in [-0.05, 0) is 50.2 Å². The standard InChI is InChI=1S/C21H26ClN3O3S/c1-16(2)23(3)29(27,28)18-10-8-17(9-11-18)21(26)25-14-12-24(13-15-25)20-7-5-4-6-19(20)22/h4-11,16H,12-15H2,1-3H3. The van der Waals surface area contributed by atoms with Crippen LogP contribution in [0.25, 0.3) is 0 Å². The molecule has 8 heteroatoms. The van der Waals surface area contributed by atoms with E-state index in [0.29, 0.717) is 36.8 Å². The van der Waals surface area contributed by atoms with Crippen LogP contribution in [0.5, 0.6) is 0 Å². The summed E-state index contributed by atoms with van der Waals surface area (Å²) in [4.78, 5) is 17.0. The zero-order chi connectivity index (χ0) is 21.2. The largest absolute Gasteiger partial charge is 0.367 e. The SMILES string of the molecule is CC(C)N(C)S(=O)(=O)c1ccc(C(=O)N2CCN(c3ccccc3Cl)CC2)cc1. The van der Waals surface area contributed by atoms with E-state index >= 15 is 0 Å². The fourth-order valence-electron chi connectivity index (χ4n) is 3.25. The van der Waals surface area contributed by atoms with Crippen molar-refractivity contribution in [3.63, 3.8) is 0 Å². The summed E-state index contributed by atoms with van der Waals surface area (Å²) < 4.78 is 26.5. The summed E-state index contributed by atoms with van der Waals surface area (Å²) in [5.74, 6) is -0.0926. The Morgan fingerprint density at radius 3 is 2.14 bits per heavy atom. The molecule has 0 aliphatic carbocycles. The number of amides is 1. The molecule has 1 aliphatic heterocycles. The number of sulfonamides is 1. The summed E-state index contributed by atoms with van der Waals surface area (Å²) in [6.07, 6.45) is 0. The second kappa shape index (κ2) is 8.73. The monoisotopic (exact) mass is 435 g/mol. The number of nitrogens with zero attached hydrogens (tertiary/aromatic N) is 3. The lowest BCUT2D eigenvalue weighted by molar-refractivity contribution is 0.0746. The van der Waals surface area contributed by atoms with E-state index in [1.165, 1.54) is 16.4 Å². The lowest BCUT2D eigenvalue weighted by Gasteiger charge is -2.36. The van der Waals surface area contributed by atoms with Crippen molar-refractivity contribution in [2.75, 3.05) is 38.1 Å². The molecule has 1 amide bonds. The van der Waals surface area contributed by atoms with Crippen LogP contribution in [0, 0.1) is 0 Å². The smallest absolute Gasteiger partial charge is 0.253 e. The van der Waals surface area contributed by atoms with Gasteiger partial charge in [0.25, 0.3) is 5.91 Å². The molecule has 0 spiro atoms. The quantitative estimate of drug-likeness (QED) is 0.722. The van der Waals surface area contributed by atoms with Crippen molar-refractivity contribution >= 4 is 33.2 Å². The van der Waals surface area contributed by atoms with Gasteiger partial charge in [-0.1, -0.05) is 23.7 Å². The maximum absolute atomic E-state index is 12.8. The first-order valence-corrected chi connectivity index (χ1v) is 11.4. The Morgan fingerprint density at radius 2 is 1.59 bits per heavy atom. The Kier molecular flexibility index (Phi) is 6.51. The molecule has 1 saturated heterocycles. The summed E-state index contributed by atoms with van der Waals surface area (Å²) >= 11 is 6.27. The minimum atomic E-state index is -3.56. The van der Waals surface area contributed by atoms with E-state index in [0.717, 1.165) is 5.69 Å².